The monoisotopic (exact) mass is 476 g/mol. The summed E-state index contributed by atoms with van der Waals surface area (Å²) in [4.78, 5) is 16.6. The molecule has 0 saturated heterocycles. The van der Waals surface area contributed by atoms with Crippen molar-refractivity contribution in [1.82, 2.24) is 14.9 Å². The lowest BCUT2D eigenvalue weighted by Crippen LogP contribution is -2.41. The number of aromatic nitrogens is 2. The van der Waals surface area contributed by atoms with Crippen LogP contribution in [0.5, 0.6) is 5.75 Å². The smallest absolute Gasteiger partial charge is 0.264 e. The first-order chi connectivity index (χ1) is 15.4. The Kier molecular flexibility index (Phi) is 8.13. The Bertz CT molecular complexity index is 1100. The van der Waals surface area contributed by atoms with Gasteiger partial charge in [0.05, 0.1) is 23.5 Å². The quantitative estimate of drug-likeness (QED) is 0.428. The van der Waals surface area contributed by atoms with Gasteiger partial charge in [-0.05, 0) is 61.9 Å². The van der Waals surface area contributed by atoms with Crippen LogP contribution < -0.4 is 14.4 Å². The van der Waals surface area contributed by atoms with Gasteiger partial charge in [-0.15, -0.1) is 0 Å². The molecule has 2 aromatic carbocycles. The van der Waals surface area contributed by atoms with Crippen molar-refractivity contribution in [3.8, 4) is 5.75 Å². The molecule has 1 aromatic heterocycles. The molecule has 0 aliphatic heterocycles. The number of sulfonamides is 1. The zero-order valence-corrected chi connectivity index (χ0v) is 19.2. The van der Waals surface area contributed by atoms with Crippen LogP contribution in [-0.2, 0) is 21.4 Å². The standard InChI is InChI=1S/C22H25ClN4O4S/c1-2-31-20-8-6-19(7-9-20)27(32(29,30)21-10-4-18(23)5-11-21)16-22(28)25-12-3-14-26-15-13-24-17-26/h4-11,13,15,17H,2-3,12,14,16H2,1H3,(H,25,28). The predicted octanol–water partition coefficient (Wildman–Crippen LogP) is 3.34. The summed E-state index contributed by atoms with van der Waals surface area (Å²) in [6, 6.07) is 12.4. The molecule has 0 aliphatic rings. The predicted molar refractivity (Wildman–Crippen MR) is 123 cm³/mol. The summed E-state index contributed by atoms with van der Waals surface area (Å²) in [5.41, 5.74) is 0.358. The van der Waals surface area contributed by atoms with Crippen molar-refractivity contribution in [1.29, 1.82) is 0 Å². The summed E-state index contributed by atoms with van der Waals surface area (Å²) < 4.78 is 35.1. The van der Waals surface area contributed by atoms with Gasteiger partial charge in [-0.1, -0.05) is 11.6 Å². The fourth-order valence-corrected chi connectivity index (χ4v) is 4.57. The topological polar surface area (TPSA) is 93.5 Å². The molecule has 0 unspecified atom stereocenters. The fourth-order valence-electron chi connectivity index (χ4n) is 3.02. The molecular weight excluding hydrogens is 452 g/mol. The van der Waals surface area contributed by atoms with Crippen LogP contribution in [-0.4, -0.2) is 43.6 Å². The molecule has 0 aliphatic carbocycles. The second-order valence-corrected chi connectivity index (χ2v) is 9.20. The Morgan fingerprint density at radius 1 is 1.16 bits per heavy atom. The molecule has 1 N–H and O–H groups in total. The zero-order chi connectivity index (χ0) is 23.0. The van der Waals surface area contributed by atoms with E-state index < -0.39 is 15.9 Å². The molecule has 32 heavy (non-hydrogen) atoms. The number of carbonyl (C=O) groups excluding carboxylic acids is 1. The van der Waals surface area contributed by atoms with Crippen LogP contribution in [0.15, 0.2) is 72.1 Å². The van der Waals surface area contributed by atoms with Crippen LogP contribution in [0.25, 0.3) is 0 Å². The van der Waals surface area contributed by atoms with Gasteiger partial charge >= 0.3 is 0 Å². The Morgan fingerprint density at radius 3 is 2.50 bits per heavy atom. The van der Waals surface area contributed by atoms with Crippen molar-refractivity contribution in [3.63, 3.8) is 0 Å². The number of ether oxygens (including phenoxy) is 1. The molecule has 3 rings (SSSR count). The van der Waals surface area contributed by atoms with E-state index in [1.54, 1.807) is 36.8 Å². The molecule has 1 amide bonds. The van der Waals surface area contributed by atoms with E-state index in [2.05, 4.69) is 10.3 Å². The number of halogens is 1. The second kappa shape index (κ2) is 11.0. The SMILES string of the molecule is CCOc1ccc(N(CC(=O)NCCCn2ccnc2)S(=O)(=O)c2ccc(Cl)cc2)cc1. The first kappa shape index (κ1) is 23.6. The summed E-state index contributed by atoms with van der Waals surface area (Å²) in [5, 5.41) is 3.21. The number of imidazole rings is 1. The molecule has 0 fully saturated rings. The number of nitrogens with one attached hydrogen (secondary N) is 1. The highest BCUT2D eigenvalue weighted by atomic mass is 35.5. The minimum Gasteiger partial charge on any atom is -0.494 e. The van der Waals surface area contributed by atoms with E-state index in [1.165, 1.54) is 24.3 Å². The average Bonchev–Trinajstić information content (AvgIpc) is 3.30. The lowest BCUT2D eigenvalue weighted by Gasteiger charge is -2.24. The maximum Gasteiger partial charge on any atom is 0.264 e. The van der Waals surface area contributed by atoms with Crippen LogP contribution in [0, 0.1) is 0 Å². The number of carbonyl (C=O) groups is 1. The van der Waals surface area contributed by atoms with Crippen LogP contribution in [0.4, 0.5) is 5.69 Å². The average molecular weight is 477 g/mol. The maximum absolute atomic E-state index is 13.3. The third-order valence-corrected chi connectivity index (χ3v) is 6.64. The minimum absolute atomic E-state index is 0.0451. The first-order valence-corrected chi connectivity index (χ1v) is 12.0. The van der Waals surface area contributed by atoms with Crippen molar-refractivity contribution >= 4 is 33.2 Å². The number of anilines is 1. The van der Waals surface area contributed by atoms with Gasteiger partial charge < -0.3 is 14.6 Å². The molecule has 8 nitrogen and oxygen atoms in total. The molecule has 0 atom stereocenters. The minimum atomic E-state index is -4.00. The zero-order valence-electron chi connectivity index (χ0n) is 17.6. The van der Waals surface area contributed by atoms with Gasteiger partial charge in [0, 0.05) is 30.5 Å². The highest BCUT2D eigenvalue weighted by Gasteiger charge is 2.27. The van der Waals surface area contributed by atoms with Gasteiger partial charge in [0.1, 0.15) is 12.3 Å². The first-order valence-electron chi connectivity index (χ1n) is 10.1. The third kappa shape index (κ3) is 6.24. The van der Waals surface area contributed by atoms with Gasteiger partial charge in [-0.2, -0.15) is 0 Å². The number of nitrogens with zero attached hydrogens (tertiary/aromatic N) is 3. The number of rotatable bonds is 11. The van der Waals surface area contributed by atoms with Gasteiger partial charge in [0.15, 0.2) is 0 Å². The normalized spacial score (nSPS) is 11.2. The van der Waals surface area contributed by atoms with Gasteiger partial charge in [-0.25, -0.2) is 13.4 Å². The summed E-state index contributed by atoms with van der Waals surface area (Å²) in [6.07, 6.45) is 5.92. The molecule has 0 spiro atoms. The fraction of sp³-hybridized carbons (Fsp3) is 0.273. The summed E-state index contributed by atoms with van der Waals surface area (Å²) in [7, 11) is -4.00. The van der Waals surface area contributed by atoms with E-state index in [-0.39, 0.29) is 11.4 Å². The van der Waals surface area contributed by atoms with Gasteiger partial charge in [0.2, 0.25) is 5.91 Å². The second-order valence-electron chi connectivity index (χ2n) is 6.90. The molecule has 0 radical (unpaired) electrons. The summed E-state index contributed by atoms with van der Waals surface area (Å²) in [5.74, 6) is 0.214. The Morgan fingerprint density at radius 2 is 1.88 bits per heavy atom. The number of aryl methyl sites for hydroxylation is 1. The van der Waals surface area contributed by atoms with Gasteiger partial charge in [-0.3, -0.25) is 9.10 Å². The third-order valence-electron chi connectivity index (χ3n) is 4.60. The van der Waals surface area contributed by atoms with E-state index >= 15 is 0 Å². The molecule has 0 bridgehead atoms. The van der Waals surface area contributed by atoms with E-state index in [9.17, 15) is 13.2 Å². The lowest BCUT2D eigenvalue weighted by atomic mass is 10.3. The molecule has 3 aromatic rings. The molecule has 1 heterocycles. The van der Waals surface area contributed by atoms with Crippen LogP contribution >= 0.6 is 11.6 Å². The Hall–Kier alpha value is -3.04. The largest absolute Gasteiger partial charge is 0.494 e. The number of hydrogen-bond donors (Lipinski definition) is 1. The van der Waals surface area contributed by atoms with E-state index in [1.807, 2.05) is 17.7 Å². The number of amides is 1. The Balaban J connectivity index is 1.75. The molecule has 0 saturated carbocycles. The van der Waals surface area contributed by atoms with Crippen LogP contribution in [0.3, 0.4) is 0 Å². The molecule has 10 heteroatoms. The maximum atomic E-state index is 13.3. The summed E-state index contributed by atoms with van der Waals surface area (Å²) >= 11 is 5.91. The number of hydrogen-bond acceptors (Lipinski definition) is 5. The number of benzene rings is 2. The van der Waals surface area contributed by atoms with Crippen molar-refractivity contribution in [2.75, 3.05) is 24.0 Å². The molecule has 170 valence electrons. The van der Waals surface area contributed by atoms with Crippen molar-refractivity contribution < 1.29 is 17.9 Å². The van der Waals surface area contributed by atoms with Crippen molar-refractivity contribution in [3.05, 3.63) is 72.3 Å². The summed E-state index contributed by atoms with van der Waals surface area (Å²) in [6.45, 7) is 3.11. The highest BCUT2D eigenvalue weighted by Crippen LogP contribution is 2.26. The highest BCUT2D eigenvalue weighted by molar-refractivity contribution is 7.92. The van der Waals surface area contributed by atoms with Crippen molar-refractivity contribution in [2.24, 2.45) is 0 Å². The van der Waals surface area contributed by atoms with E-state index in [0.29, 0.717) is 42.6 Å². The van der Waals surface area contributed by atoms with Crippen LogP contribution in [0.1, 0.15) is 13.3 Å². The van der Waals surface area contributed by atoms with Gasteiger partial charge in [0.25, 0.3) is 10.0 Å². The Labute approximate surface area is 192 Å². The molecular formula is C22H25ClN4O4S. The van der Waals surface area contributed by atoms with Crippen molar-refractivity contribution in [2.45, 2.75) is 24.8 Å². The van der Waals surface area contributed by atoms with Crippen LogP contribution in [0.2, 0.25) is 5.02 Å². The lowest BCUT2D eigenvalue weighted by molar-refractivity contribution is -0.119. The van der Waals surface area contributed by atoms with E-state index in [0.717, 1.165) is 4.31 Å². The van der Waals surface area contributed by atoms with E-state index in [4.69, 9.17) is 16.3 Å².